The third-order valence-corrected chi connectivity index (χ3v) is 7.97. The second-order valence-corrected chi connectivity index (χ2v) is 10.1. The van der Waals surface area contributed by atoms with Gasteiger partial charge in [-0.05, 0) is 74.5 Å². The number of benzene rings is 1. The fraction of sp³-hybridized carbons (Fsp3) is 0.667. The van der Waals surface area contributed by atoms with Crippen LogP contribution in [0.4, 0.5) is 0 Å². The molecule has 2 bridgehead atoms. The SMILES string of the molecule is Cc1nc2ccc(CC(=O)N3C[C@@H]4C[C@H](C3)[C@@H]3CCC[C@H](C5CC5)N3C4)cc2[nH]1. The number of nitrogens with one attached hydrogen (secondary N) is 1. The Morgan fingerprint density at radius 3 is 2.76 bits per heavy atom. The first-order chi connectivity index (χ1) is 14.1. The van der Waals surface area contributed by atoms with Crippen molar-refractivity contribution in [3.63, 3.8) is 0 Å². The van der Waals surface area contributed by atoms with Crippen molar-refractivity contribution in [1.29, 1.82) is 0 Å². The zero-order valence-electron chi connectivity index (χ0n) is 17.4. The highest BCUT2D eigenvalue weighted by molar-refractivity contribution is 5.82. The first-order valence-corrected chi connectivity index (χ1v) is 11.6. The average molecular weight is 393 g/mol. The highest BCUT2D eigenvalue weighted by atomic mass is 16.2. The second kappa shape index (κ2) is 6.83. The first-order valence-electron chi connectivity index (χ1n) is 11.6. The molecule has 0 radical (unpaired) electrons. The maximum Gasteiger partial charge on any atom is 0.227 e. The number of aromatic nitrogens is 2. The summed E-state index contributed by atoms with van der Waals surface area (Å²) in [6.45, 7) is 5.13. The molecule has 5 heteroatoms. The Labute approximate surface area is 172 Å². The summed E-state index contributed by atoms with van der Waals surface area (Å²) < 4.78 is 0. The molecule has 4 heterocycles. The molecule has 1 saturated carbocycles. The van der Waals surface area contributed by atoms with E-state index in [4.69, 9.17) is 0 Å². The Bertz CT molecular complexity index is 932. The molecule has 1 N–H and O–H groups in total. The van der Waals surface area contributed by atoms with Gasteiger partial charge >= 0.3 is 0 Å². The maximum absolute atomic E-state index is 13.2. The van der Waals surface area contributed by atoms with E-state index in [2.05, 4.69) is 31.9 Å². The average Bonchev–Trinajstić information content (AvgIpc) is 3.48. The minimum atomic E-state index is 0.304. The third kappa shape index (κ3) is 3.27. The van der Waals surface area contributed by atoms with Gasteiger partial charge in [-0.25, -0.2) is 4.98 Å². The van der Waals surface area contributed by atoms with Gasteiger partial charge in [-0.3, -0.25) is 9.69 Å². The minimum Gasteiger partial charge on any atom is -0.342 e. The van der Waals surface area contributed by atoms with E-state index in [-0.39, 0.29) is 0 Å². The maximum atomic E-state index is 13.2. The van der Waals surface area contributed by atoms with E-state index < -0.39 is 0 Å². The fourth-order valence-electron chi connectivity index (χ4n) is 6.62. The van der Waals surface area contributed by atoms with Crippen LogP contribution < -0.4 is 0 Å². The number of fused-ring (bicyclic) bond motifs is 5. The summed E-state index contributed by atoms with van der Waals surface area (Å²) in [5.41, 5.74) is 3.11. The van der Waals surface area contributed by atoms with Crippen molar-refractivity contribution in [1.82, 2.24) is 19.8 Å². The Kier molecular flexibility index (Phi) is 4.22. The zero-order valence-corrected chi connectivity index (χ0v) is 17.4. The van der Waals surface area contributed by atoms with Gasteiger partial charge < -0.3 is 9.88 Å². The van der Waals surface area contributed by atoms with Gasteiger partial charge in [0.05, 0.1) is 17.5 Å². The summed E-state index contributed by atoms with van der Waals surface area (Å²) in [5, 5.41) is 0. The number of carbonyl (C=O) groups excluding carboxylic acids is 1. The van der Waals surface area contributed by atoms with Crippen LogP contribution in [0, 0.1) is 24.7 Å². The van der Waals surface area contributed by atoms with Gasteiger partial charge in [0.1, 0.15) is 5.82 Å². The molecule has 1 amide bonds. The topological polar surface area (TPSA) is 52.2 Å². The van der Waals surface area contributed by atoms with Gasteiger partial charge in [-0.2, -0.15) is 0 Å². The number of H-pyrrole nitrogens is 1. The molecule has 5 nitrogen and oxygen atoms in total. The number of hydrogen-bond donors (Lipinski definition) is 1. The van der Waals surface area contributed by atoms with Crippen LogP contribution in [0.15, 0.2) is 18.2 Å². The van der Waals surface area contributed by atoms with E-state index in [1.807, 2.05) is 13.0 Å². The number of aromatic amines is 1. The van der Waals surface area contributed by atoms with Crippen molar-refractivity contribution in [3.8, 4) is 0 Å². The summed E-state index contributed by atoms with van der Waals surface area (Å²) in [6.07, 6.45) is 8.90. The van der Waals surface area contributed by atoms with Crippen molar-refractivity contribution in [3.05, 3.63) is 29.6 Å². The lowest BCUT2D eigenvalue weighted by atomic mass is 9.74. The van der Waals surface area contributed by atoms with Gasteiger partial charge in [-0.1, -0.05) is 12.5 Å². The molecule has 6 rings (SSSR count). The summed E-state index contributed by atoms with van der Waals surface area (Å²) >= 11 is 0. The molecule has 4 fully saturated rings. The van der Waals surface area contributed by atoms with E-state index in [0.29, 0.717) is 24.2 Å². The minimum absolute atomic E-state index is 0.304. The van der Waals surface area contributed by atoms with E-state index >= 15 is 0 Å². The van der Waals surface area contributed by atoms with Crippen molar-refractivity contribution in [2.24, 2.45) is 17.8 Å². The van der Waals surface area contributed by atoms with Gasteiger partial charge in [0.15, 0.2) is 0 Å². The predicted molar refractivity (Wildman–Crippen MR) is 114 cm³/mol. The lowest BCUT2D eigenvalue weighted by Crippen LogP contribution is -2.62. The van der Waals surface area contributed by atoms with Crippen LogP contribution in [0.25, 0.3) is 11.0 Å². The van der Waals surface area contributed by atoms with Crippen LogP contribution in [-0.4, -0.2) is 57.4 Å². The van der Waals surface area contributed by atoms with Gasteiger partial charge in [-0.15, -0.1) is 0 Å². The predicted octanol–water partition coefficient (Wildman–Crippen LogP) is 3.53. The van der Waals surface area contributed by atoms with Crippen LogP contribution in [0.3, 0.4) is 0 Å². The highest BCUT2D eigenvalue weighted by Gasteiger charge is 2.48. The van der Waals surface area contributed by atoms with E-state index in [1.54, 1.807) is 0 Å². The van der Waals surface area contributed by atoms with Crippen molar-refractivity contribution >= 4 is 16.9 Å². The Hall–Kier alpha value is -1.88. The molecule has 0 spiro atoms. The molecular formula is C24H32N4O. The number of rotatable bonds is 3. The van der Waals surface area contributed by atoms with Crippen molar-refractivity contribution in [2.45, 2.75) is 64.0 Å². The Morgan fingerprint density at radius 1 is 1.10 bits per heavy atom. The Morgan fingerprint density at radius 2 is 1.93 bits per heavy atom. The number of carbonyl (C=O) groups is 1. The molecule has 4 aliphatic rings. The standard InChI is InChI=1S/C24H32N4O/c1-15-25-20-8-5-16(10-21(20)26-15)11-24(29)27-12-17-9-19(14-27)23-4-2-3-22(18-6-7-18)28(23)13-17/h5,8,10,17-19,22-23H,2-4,6-7,9,11-14H2,1H3,(H,25,26)/t17-,19+,22+,23-/m0/s1. The number of aryl methyl sites for hydroxylation is 1. The lowest BCUT2D eigenvalue weighted by molar-refractivity contribution is -0.138. The number of hydrogen-bond acceptors (Lipinski definition) is 3. The second-order valence-electron chi connectivity index (χ2n) is 10.1. The quantitative estimate of drug-likeness (QED) is 0.869. The van der Waals surface area contributed by atoms with Gasteiger partial charge in [0, 0.05) is 31.7 Å². The van der Waals surface area contributed by atoms with E-state index in [9.17, 15) is 4.79 Å². The summed E-state index contributed by atoms with van der Waals surface area (Å²) in [7, 11) is 0. The first kappa shape index (κ1) is 17.9. The molecular weight excluding hydrogens is 360 g/mol. The molecule has 154 valence electrons. The van der Waals surface area contributed by atoms with E-state index in [1.165, 1.54) is 45.1 Å². The molecule has 0 unspecified atom stereocenters. The van der Waals surface area contributed by atoms with Crippen LogP contribution >= 0.6 is 0 Å². The molecule has 3 saturated heterocycles. The summed E-state index contributed by atoms with van der Waals surface area (Å²) in [6, 6.07) is 7.77. The Balaban J connectivity index is 1.16. The number of amides is 1. The third-order valence-electron chi connectivity index (χ3n) is 7.97. The molecule has 3 aliphatic heterocycles. The lowest BCUT2D eigenvalue weighted by Gasteiger charge is -2.55. The van der Waals surface area contributed by atoms with Crippen LogP contribution in [0.5, 0.6) is 0 Å². The zero-order chi connectivity index (χ0) is 19.5. The largest absolute Gasteiger partial charge is 0.342 e. The number of nitrogens with zero attached hydrogens (tertiary/aromatic N) is 3. The highest BCUT2D eigenvalue weighted by Crippen LogP contribution is 2.46. The summed E-state index contributed by atoms with van der Waals surface area (Å²) in [4.78, 5) is 26.0. The molecule has 1 aromatic heterocycles. The fourth-order valence-corrected chi connectivity index (χ4v) is 6.62. The summed E-state index contributed by atoms with van der Waals surface area (Å²) in [5.74, 6) is 3.57. The number of piperidine rings is 3. The normalized spacial score (nSPS) is 32.4. The monoisotopic (exact) mass is 392 g/mol. The molecule has 29 heavy (non-hydrogen) atoms. The molecule has 1 aromatic carbocycles. The van der Waals surface area contributed by atoms with Crippen LogP contribution in [0.1, 0.15) is 49.9 Å². The van der Waals surface area contributed by atoms with Crippen molar-refractivity contribution in [2.75, 3.05) is 19.6 Å². The van der Waals surface area contributed by atoms with Crippen LogP contribution in [0.2, 0.25) is 0 Å². The van der Waals surface area contributed by atoms with Gasteiger partial charge in [0.25, 0.3) is 0 Å². The van der Waals surface area contributed by atoms with Crippen LogP contribution in [-0.2, 0) is 11.2 Å². The smallest absolute Gasteiger partial charge is 0.227 e. The van der Waals surface area contributed by atoms with Crippen molar-refractivity contribution < 1.29 is 4.79 Å². The number of imidazole rings is 1. The molecule has 2 aromatic rings. The molecule has 1 aliphatic carbocycles. The van der Waals surface area contributed by atoms with Gasteiger partial charge in [0.2, 0.25) is 5.91 Å². The molecule has 4 atom stereocenters. The van der Waals surface area contributed by atoms with E-state index in [0.717, 1.165) is 53.5 Å². The number of likely N-dealkylation sites (tertiary alicyclic amines) is 1.